The minimum absolute atomic E-state index is 0.0526. The summed E-state index contributed by atoms with van der Waals surface area (Å²) in [6.45, 7) is 4.82. The topological polar surface area (TPSA) is 105 Å². The number of nitrogens with zero attached hydrogens (tertiary/aromatic N) is 1. The SMILES string of the molecule is CCCCCCCCCCCCCC/C=C\CCCCCCCCCCC(=O)NC(COP(=O)(O)OCC[N+](C)(C)C)C(O)/C=C/CC/C=C/CC/C=C/CCCCCCCCCCCCCCC. The smallest absolute Gasteiger partial charge is 0.387 e. The predicted molar refractivity (Wildman–Crippen MR) is 300 cm³/mol. The van der Waals surface area contributed by atoms with Crippen molar-refractivity contribution in [1.29, 1.82) is 0 Å². The van der Waals surface area contributed by atoms with E-state index in [0.717, 1.165) is 44.9 Å². The molecule has 0 aromatic rings. The molecule has 69 heavy (non-hydrogen) atoms. The molecule has 0 saturated heterocycles. The number of aliphatic hydroxyl groups is 1. The van der Waals surface area contributed by atoms with Gasteiger partial charge in [-0.2, -0.15) is 0 Å². The van der Waals surface area contributed by atoms with E-state index in [1.54, 1.807) is 6.08 Å². The molecule has 0 fully saturated rings. The number of hydrogen-bond acceptors (Lipinski definition) is 5. The van der Waals surface area contributed by atoms with Gasteiger partial charge >= 0.3 is 7.82 Å². The Hall–Kier alpha value is -1.54. The molecule has 8 nitrogen and oxygen atoms in total. The van der Waals surface area contributed by atoms with Crippen LogP contribution in [-0.4, -0.2) is 73.4 Å². The Bertz CT molecular complexity index is 1260. The van der Waals surface area contributed by atoms with E-state index in [1.165, 1.54) is 212 Å². The number of carbonyl (C=O) groups excluding carboxylic acids is 1. The van der Waals surface area contributed by atoms with E-state index in [0.29, 0.717) is 17.4 Å². The predicted octanol–water partition coefficient (Wildman–Crippen LogP) is 17.9. The van der Waals surface area contributed by atoms with Crippen LogP contribution in [0.3, 0.4) is 0 Å². The minimum atomic E-state index is -4.36. The van der Waals surface area contributed by atoms with Crippen LogP contribution in [0.4, 0.5) is 0 Å². The monoisotopic (exact) mass is 992 g/mol. The molecule has 406 valence electrons. The number of rotatable bonds is 54. The third kappa shape index (κ3) is 54.1. The van der Waals surface area contributed by atoms with Crippen LogP contribution >= 0.6 is 7.82 Å². The second kappa shape index (κ2) is 51.4. The number of amides is 1. The molecular weight excluding hydrogens is 876 g/mol. The Kier molecular flexibility index (Phi) is 50.2. The number of phosphoric ester groups is 1. The number of nitrogens with one attached hydrogen (secondary N) is 1. The molecule has 9 heteroatoms. The van der Waals surface area contributed by atoms with E-state index >= 15 is 0 Å². The van der Waals surface area contributed by atoms with E-state index in [2.05, 4.69) is 55.6 Å². The lowest BCUT2D eigenvalue weighted by Crippen LogP contribution is -2.45. The number of unbranched alkanes of at least 4 members (excludes halogenated alkanes) is 35. The molecule has 1 amide bonds. The van der Waals surface area contributed by atoms with Crippen molar-refractivity contribution in [2.75, 3.05) is 40.9 Å². The highest BCUT2D eigenvalue weighted by atomic mass is 31.2. The molecule has 0 heterocycles. The summed E-state index contributed by atoms with van der Waals surface area (Å²) >= 11 is 0. The fraction of sp³-hybridized carbons (Fsp3) is 0.850. The fourth-order valence-corrected chi connectivity index (χ4v) is 9.34. The van der Waals surface area contributed by atoms with Crippen LogP contribution in [0.1, 0.15) is 277 Å². The molecule has 3 N–H and O–H groups in total. The van der Waals surface area contributed by atoms with Gasteiger partial charge in [-0.3, -0.25) is 13.8 Å². The number of hydrogen-bond donors (Lipinski definition) is 3. The van der Waals surface area contributed by atoms with Gasteiger partial charge in [0.05, 0.1) is 39.9 Å². The van der Waals surface area contributed by atoms with E-state index in [4.69, 9.17) is 9.05 Å². The lowest BCUT2D eigenvalue weighted by molar-refractivity contribution is -0.870. The van der Waals surface area contributed by atoms with Crippen molar-refractivity contribution in [2.24, 2.45) is 0 Å². The lowest BCUT2D eigenvalue weighted by Gasteiger charge is -2.25. The number of carbonyl (C=O) groups is 1. The maximum absolute atomic E-state index is 13.0. The number of likely N-dealkylation sites (N-methyl/N-ethyl adjacent to an activating group) is 1. The van der Waals surface area contributed by atoms with Gasteiger partial charge in [-0.15, -0.1) is 0 Å². The Balaban J connectivity index is 4.28. The van der Waals surface area contributed by atoms with Crippen molar-refractivity contribution in [3.05, 3.63) is 48.6 Å². The number of quaternary nitrogens is 1. The largest absolute Gasteiger partial charge is 0.472 e. The maximum atomic E-state index is 13.0. The second-order valence-electron chi connectivity index (χ2n) is 21.3. The quantitative estimate of drug-likeness (QED) is 0.0243. The lowest BCUT2D eigenvalue weighted by atomic mass is 10.0. The van der Waals surface area contributed by atoms with Crippen LogP contribution < -0.4 is 5.32 Å². The average Bonchev–Trinajstić information content (AvgIpc) is 3.31. The Morgan fingerprint density at radius 3 is 1.16 bits per heavy atom. The zero-order valence-electron chi connectivity index (χ0n) is 46.3. The van der Waals surface area contributed by atoms with E-state index in [9.17, 15) is 19.4 Å². The molecule has 0 radical (unpaired) electrons. The molecule has 0 aliphatic rings. The number of phosphoric acid groups is 1. The third-order valence-corrected chi connectivity index (χ3v) is 14.2. The Morgan fingerprint density at radius 2 is 0.797 bits per heavy atom. The average molecular weight is 993 g/mol. The van der Waals surface area contributed by atoms with Crippen LogP contribution in [0.5, 0.6) is 0 Å². The molecule has 3 atom stereocenters. The van der Waals surface area contributed by atoms with Gasteiger partial charge in [0, 0.05) is 6.42 Å². The van der Waals surface area contributed by atoms with Crippen LogP contribution in [0.2, 0.25) is 0 Å². The highest BCUT2D eigenvalue weighted by Gasteiger charge is 2.27. The normalized spacial score (nSPS) is 14.2. The molecule has 0 aromatic heterocycles. The highest BCUT2D eigenvalue weighted by Crippen LogP contribution is 2.43. The van der Waals surface area contributed by atoms with Crippen LogP contribution in [0, 0.1) is 0 Å². The number of aliphatic hydroxyl groups excluding tert-OH is 1. The van der Waals surface area contributed by atoms with E-state index < -0.39 is 20.0 Å². The van der Waals surface area contributed by atoms with Gasteiger partial charge in [-0.05, 0) is 70.6 Å². The van der Waals surface area contributed by atoms with Crippen molar-refractivity contribution in [3.63, 3.8) is 0 Å². The second-order valence-corrected chi connectivity index (χ2v) is 22.8. The number of allylic oxidation sites excluding steroid dienone is 7. The van der Waals surface area contributed by atoms with Gasteiger partial charge in [-0.25, -0.2) is 4.57 Å². The zero-order chi connectivity index (χ0) is 50.6. The van der Waals surface area contributed by atoms with Crippen molar-refractivity contribution in [3.8, 4) is 0 Å². The first-order valence-electron chi connectivity index (χ1n) is 29.5. The molecule has 0 aliphatic carbocycles. The van der Waals surface area contributed by atoms with Crippen molar-refractivity contribution >= 4 is 13.7 Å². The van der Waals surface area contributed by atoms with Crippen molar-refractivity contribution < 1.29 is 32.9 Å². The molecule has 0 saturated carbocycles. The van der Waals surface area contributed by atoms with Crippen LogP contribution in [0.25, 0.3) is 0 Å². The summed E-state index contributed by atoms with van der Waals surface area (Å²) in [5.74, 6) is -0.192. The first-order chi connectivity index (χ1) is 33.5. The first-order valence-corrected chi connectivity index (χ1v) is 31.0. The summed E-state index contributed by atoms with van der Waals surface area (Å²) in [5, 5.41) is 13.9. The molecule has 0 aliphatic heterocycles. The van der Waals surface area contributed by atoms with Crippen LogP contribution in [0.15, 0.2) is 48.6 Å². The molecule has 0 spiro atoms. The van der Waals surface area contributed by atoms with Gasteiger partial charge in [0.2, 0.25) is 5.91 Å². The summed E-state index contributed by atoms with van der Waals surface area (Å²) in [7, 11) is 1.55. The summed E-state index contributed by atoms with van der Waals surface area (Å²) < 4.78 is 23.7. The molecule has 0 bridgehead atoms. The van der Waals surface area contributed by atoms with Gasteiger partial charge < -0.3 is 19.8 Å². The van der Waals surface area contributed by atoms with Crippen molar-refractivity contribution in [1.82, 2.24) is 5.32 Å². The first kappa shape index (κ1) is 67.5. The molecule has 0 rings (SSSR count). The van der Waals surface area contributed by atoms with Gasteiger partial charge in [-0.1, -0.05) is 249 Å². The molecule has 3 unspecified atom stereocenters. The fourth-order valence-electron chi connectivity index (χ4n) is 8.60. The van der Waals surface area contributed by atoms with Gasteiger partial charge in [0.25, 0.3) is 0 Å². The zero-order valence-corrected chi connectivity index (χ0v) is 47.2. The molecule has 0 aromatic carbocycles. The summed E-state index contributed by atoms with van der Waals surface area (Å²) in [6.07, 6.45) is 67.9. The highest BCUT2D eigenvalue weighted by molar-refractivity contribution is 7.47. The Labute approximate surface area is 429 Å². The summed E-state index contributed by atoms with van der Waals surface area (Å²) in [5.41, 5.74) is 0. The summed E-state index contributed by atoms with van der Waals surface area (Å²) in [6, 6.07) is -0.873. The van der Waals surface area contributed by atoms with Crippen molar-refractivity contribution in [2.45, 2.75) is 289 Å². The standard InChI is InChI=1S/C60H115N2O6P/c1-6-8-10-12-14-16-18-20-22-24-26-28-30-32-34-36-38-40-42-44-46-48-50-52-54-60(64)61-58(57-68-69(65,66)67-56-55-62(3,4)5)59(63)53-51-49-47-45-43-41-39-37-35-33-31-29-27-25-23-21-19-17-15-13-11-9-7-2/h32,34-35,37,43,45,51,53,58-59,63H,6-31,33,36,38-42,44,46-50,52,54-57H2,1-5H3,(H-,61,64,65,66)/p+1/b34-32-,37-35+,45-43+,53-51+. The molecular formula is C60H116N2O6P+. The van der Waals surface area contributed by atoms with Crippen LogP contribution in [-0.2, 0) is 18.4 Å². The van der Waals surface area contributed by atoms with E-state index in [-0.39, 0.29) is 19.1 Å². The third-order valence-electron chi connectivity index (χ3n) is 13.2. The Morgan fingerprint density at radius 1 is 0.478 bits per heavy atom. The van der Waals surface area contributed by atoms with E-state index in [1.807, 2.05) is 27.2 Å². The van der Waals surface area contributed by atoms with Gasteiger partial charge in [0.15, 0.2) is 0 Å². The summed E-state index contributed by atoms with van der Waals surface area (Å²) in [4.78, 5) is 23.3. The maximum Gasteiger partial charge on any atom is 0.472 e. The minimum Gasteiger partial charge on any atom is -0.387 e. The van der Waals surface area contributed by atoms with Gasteiger partial charge in [0.1, 0.15) is 13.2 Å².